The van der Waals surface area contributed by atoms with Crippen molar-refractivity contribution >= 4 is 11.8 Å². The maximum atomic E-state index is 12.0. The van der Waals surface area contributed by atoms with Crippen LogP contribution < -0.4 is 0 Å². The van der Waals surface area contributed by atoms with Crippen LogP contribution in [0.15, 0.2) is 12.2 Å². The van der Waals surface area contributed by atoms with Crippen LogP contribution in [0.3, 0.4) is 0 Å². The summed E-state index contributed by atoms with van der Waals surface area (Å²) in [6.07, 6.45) is 3.47. The Morgan fingerprint density at radius 3 is 2.00 bits per heavy atom. The molecule has 0 saturated carbocycles. The Hall–Kier alpha value is -1.16. The van der Waals surface area contributed by atoms with Crippen molar-refractivity contribution in [1.82, 2.24) is 4.90 Å². The molecule has 2 bridgehead atoms. The molecule has 3 aliphatic heterocycles. The number of rotatable bonds is 1. The van der Waals surface area contributed by atoms with Crippen LogP contribution in [0.4, 0.5) is 0 Å². The van der Waals surface area contributed by atoms with Gasteiger partial charge in [-0.15, -0.1) is 0 Å². The molecule has 3 rings (SSSR count). The first-order valence-corrected chi connectivity index (χ1v) is 5.32. The standard InChI is InChI=1S/C11H13NO3/c1-5(2)12-10(13)8-6-3-4-7(15-6)9(8)11(12)14/h3-9H,1-2H3/t6-,7+,8+,9-. The van der Waals surface area contributed by atoms with E-state index in [0.29, 0.717) is 0 Å². The molecule has 0 aromatic carbocycles. The Morgan fingerprint density at radius 1 is 1.13 bits per heavy atom. The fraction of sp³-hybridized carbons (Fsp3) is 0.636. The number of likely N-dealkylation sites (tertiary alicyclic amines) is 1. The lowest BCUT2D eigenvalue weighted by atomic mass is 9.85. The van der Waals surface area contributed by atoms with Crippen molar-refractivity contribution in [3.05, 3.63) is 12.2 Å². The zero-order valence-electron chi connectivity index (χ0n) is 8.71. The minimum atomic E-state index is -0.255. The van der Waals surface area contributed by atoms with E-state index >= 15 is 0 Å². The number of amides is 2. The molecule has 4 atom stereocenters. The van der Waals surface area contributed by atoms with Gasteiger partial charge >= 0.3 is 0 Å². The maximum Gasteiger partial charge on any atom is 0.236 e. The number of carbonyl (C=O) groups is 2. The van der Waals surface area contributed by atoms with Crippen molar-refractivity contribution in [3.8, 4) is 0 Å². The Balaban J connectivity index is 2.00. The SMILES string of the molecule is CC(C)N1C(=O)[C@@H]2[C@H](C1=O)[C@@H]1C=C[C@H]2O1. The van der Waals surface area contributed by atoms with Gasteiger partial charge in [-0.3, -0.25) is 14.5 Å². The third-order valence-corrected chi connectivity index (χ3v) is 3.46. The molecule has 2 fully saturated rings. The van der Waals surface area contributed by atoms with Crippen molar-refractivity contribution < 1.29 is 14.3 Å². The van der Waals surface area contributed by atoms with Gasteiger partial charge in [0.2, 0.25) is 11.8 Å². The first kappa shape index (κ1) is 9.09. The van der Waals surface area contributed by atoms with E-state index in [-0.39, 0.29) is 41.9 Å². The molecule has 0 radical (unpaired) electrons. The van der Waals surface area contributed by atoms with E-state index in [1.54, 1.807) is 0 Å². The van der Waals surface area contributed by atoms with Crippen molar-refractivity contribution in [2.75, 3.05) is 0 Å². The lowest BCUT2D eigenvalue weighted by Crippen LogP contribution is -2.39. The smallest absolute Gasteiger partial charge is 0.236 e. The fourth-order valence-electron chi connectivity index (χ4n) is 2.84. The molecule has 80 valence electrons. The fourth-order valence-corrected chi connectivity index (χ4v) is 2.84. The van der Waals surface area contributed by atoms with Gasteiger partial charge in [-0.2, -0.15) is 0 Å². The number of fused-ring (bicyclic) bond motifs is 5. The maximum absolute atomic E-state index is 12.0. The third kappa shape index (κ3) is 0.951. The van der Waals surface area contributed by atoms with Crippen LogP contribution in [0, 0.1) is 11.8 Å². The summed E-state index contributed by atoms with van der Waals surface area (Å²) in [4.78, 5) is 25.4. The van der Waals surface area contributed by atoms with Crippen LogP contribution in [0.5, 0.6) is 0 Å². The second kappa shape index (κ2) is 2.70. The quantitative estimate of drug-likeness (QED) is 0.460. The number of hydrogen-bond donors (Lipinski definition) is 0. The lowest BCUT2D eigenvalue weighted by molar-refractivity contribution is -0.144. The van der Waals surface area contributed by atoms with Gasteiger partial charge in [0.05, 0.1) is 24.0 Å². The van der Waals surface area contributed by atoms with Crippen LogP contribution >= 0.6 is 0 Å². The second-order valence-electron chi connectivity index (χ2n) is 4.64. The molecule has 4 heteroatoms. The predicted molar refractivity (Wildman–Crippen MR) is 51.8 cm³/mol. The highest BCUT2D eigenvalue weighted by molar-refractivity contribution is 6.07. The molecular formula is C11H13NO3. The Morgan fingerprint density at radius 2 is 1.60 bits per heavy atom. The highest BCUT2D eigenvalue weighted by atomic mass is 16.5. The molecule has 2 saturated heterocycles. The minimum absolute atomic E-state index is 0.0463. The number of ether oxygens (including phenoxy) is 1. The highest BCUT2D eigenvalue weighted by Crippen LogP contribution is 2.45. The molecule has 2 amide bonds. The first-order chi connectivity index (χ1) is 7.11. The summed E-state index contributed by atoms with van der Waals surface area (Å²) in [6, 6.07) is -0.0463. The van der Waals surface area contributed by atoms with Crippen molar-refractivity contribution in [2.24, 2.45) is 11.8 Å². The van der Waals surface area contributed by atoms with E-state index in [2.05, 4.69) is 0 Å². The first-order valence-electron chi connectivity index (χ1n) is 5.32. The van der Waals surface area contributed by atoms with Crippen LogP contribution in [-0.4, -0.2) is 35.0 Å². The highest BCUT2D eigenvalue weighted by Gasteiger charge is 2.60. The molecule has 0 aromatic heterocycles. The van der Waals surface area contributed by atoms with Crippen molar-refractivity contribution in [1.29, 1.82) is 0 Å². The van der Waals surface area contributed by atoms with Gasteiger partial charge in [0.25, 0.3) is 0 Å². The molecule has 4 nitrogen and oxygen atoms in total. The average molecular weight is 207 g/mol. The molecule has 0 aliphatic carbocycles. The lowest BCUT2D eigenvalue weighted by Gasteiger charge is -2.21. The summed E-state index contributed by atoms with van der Waals surface area (Å²) < 4.78 is 5.53. The molecule has 0 N–H and O–H groups in total. The largest absolute Gasteiger partial charge is 0.365 e. The summed E-state index contributed by atoms with van der Waals surface area (Å²) in [5, 5.41) is 0. The van der Waals surface area contributed by atoms with Crippen molar-refractivity contribution in [3.63, 3.8) is 0 Å². The summed E-state index contributed by atoms with van der Waals surface area (Å²) in [6.45, 7) is 3.74. The normalized spacial score (nSPS) is 42.2. The summed E-state index contributed by atoms with van der Waals surface area (Å²) >= 11 is 0. The summed E-state index contributed by atoms with van der Waals surface area (Å²) in [5.41, 5.74) is 0. The molecule has 3 heterocycles. The van der Waals surface area contributed by atoms with Gasteiger partial charge in [0.15, 0.2) is 0 Å². The predicted octanol–water partition coefficient (Wildman–Crippen LogP) is 0.333. The summed E-state index contributed by atoms with van der Waals surface area (Å²) in [7, 11) is 0. The van der Waals surface area contributed by atoms with E-state index in [1.807, 2.05) is 26.0 Å². The number of hydrogen-bond acceptors (Lipinski definition) is 3. The zero-order valence-corrected chi connectivity index (χ0v) is 8.71. The van der Waals surface area contributed by atoms with E-state index < -0.39 is 0 Å². The number of carbonyl (C=O) groups excluding carboxylic acids is 2. The van der Waals surface area contributed by atoms with E-state index in [4.69, 9.17) is 4.74 Å². The van der Waals surface area contributed by atoms with Crippen LogP contribution in [-0.2, 0) is 14.3 Å². The second-order valence-corrected chi connectivity index (χ2v) is 4.64. The molecular weight excluding hydrogens is 194 g/mol. The van der Waals surface area contributed by atoms with Crippen LogP contribution in [0.1, 0.15) is 13.8 Å². The van der Waals surface area contributed by atoms with E-state index in [9.17, 15) is 9.59 Å². The van der Waals surface area contributed by atoms with Gasteiger partial charge in [0, 0.05) is 6.04 Å². The van der Waals surface area contributed by atoms with Gasteiger partial charge < -0.3 is 4.74 Å². The van der Waals surface area contributed by atoms with Gasteiger partial charge in [-0.1, -0.05) is 12.2 Å². The number of nitrogens with zero attached hydrogens (tertiary/aromatic N) is 1. The molecule has 0 spiro atoms. The molecule has 0 unspecified atom stereocenters. The Bertz CT molecular complexity index is 344. The minimum Gasteiger partial charge on any atom is -0.365 e. The van der Waals surface area contributed by atoms with E-state index in [0.717, 1.165) is 0 Å². The zero-order chi connectivity index (χ0) is 10.7. The van der Waals surface area contributed by atoms with Crippen LogP contribution in [0.2, 0.25) is 0 Å². The number of imide groups is 1. The topological polar surface area (TPSA) is 46.6 Å². The molecule has 0 aromatic rings. The van der Waals surface area contributed by atoms with Crippen LogP contribution in [0.25, 0.3) is 0 Å². The van der Waals surface area contributed by atoms with E-state index in [1.165, 1.54) is 4.90 Å². The van der Waals surface area contributed by atoms with Gasteiger partial charge in [0.1, 0.15) is 0 Å². The van der Waals surface area contributed by atoms with Gasteiger partial charge in [-0.05, 0) is 13.8 Å². The third-order valence-electron chi connectivity index (χ3n) is 3.46. The monoisotopic (exact) mass is 207 g/mol. The van der Waals surface area contributed by atoms with Gasteiger partial charge in [-0.25, -0.2) is 0 Å². The summed E-state index contributed by atoms with van der Waals surface area (Å²) in [5.74, 6) is -0.626. The average Bonchev–Trinajstić information content (AvgIpc) is 2.79. The molecule has 15 heavy (non-hydrogen) atoms. The Kier molecular flexibility index (Phi) is 1.63. The van der Waals surface area contributed by atoms with Crippen molar-refractivity contribution in [2.45, 2.75) is 32.1 Å². The Labute approximate surface area is 87.9 Å². The molecule has 3 aliphatic rings.